The van der Waals surface area contributed by atoms with Crippen LogP contribution < -0.4 is 5.73 Å². The lowest BCUT2D eigenvalue weighted by atomic mass is 9.90. The molecular formula is C15H15ClN4O2. The van der Waals surface area contributed by atoms with Crippen molar-refractivity contribution in [3.8, 4) is 11.3 Å². The van der Waals surface area contributed by atoms with Gasteiger partial charge in [0, 0.05) is 17.3 Å². The summed E-state index contributed by atoms with van der Waals surface area (Å²) in [6.45, 7) is 0. The molecule has 1 saturated carbocycles. The maximum Gasteiger partial charge on any atom is 0.354 e. The second kappa shape index (κ2) is 4.79. The van der Waals surface area contributed by atoms with Gasteiger partial charge >= 0.3 is 5.97 Å². The molecule has 2 heterocycles. The maximum absolute atomic E-state index is 11.7. The molecule has 0 spiro atoms. The van der Waals surface area contributed by atoms with Crippen LogP contribution >= 0.6 is 11.6 Å². The zero-order valence-corrected chi connectivity index (χ0v) is 12.5. The first-order chi connectivity index (χ1) is 10.6. The lowest BCUT2D eigenvalue weighted by Crippen LogP contribution is -2.25. The molecule has 0 bridgehead atoms. The van der Waals surface area contributed by atoms with Gasteiger partial charge in [-0.3, -0.25) is 0 Å². The van der Waals surface area contributed by atoms with Gasteiger partial charge in [0.1, 0.15) is 11.3 Å². The predicted molar refractivity (Wildman–Crippen MR) is 80.8 cm³/mol. The smallest absolute Gasteiger partial charge is 0.354 e. The highest BCUT2D eigenvalue weighted by atomic mass is 35.5. The van der Waals surface area contributed by atoms with Crippen LogP contribution in [0.4, 0.5) is 0 Å². The van der Waals surface area contributed by atoms with Crippen LogP contribution in [0.3, 0.4) is 0 Å². The van der Waals surface area contributed by atoms with Crippen molar-refractivity contribution in [1.29, 1.82) is 0 Å². The third-order valence-electron chi connectivity index (χ3n) is 4.45. The number of nitrogens with zero attached hydrogens (tertiary/aromatic N) is 3. The Morgan fingerprint density at radius 1 is 1.45 bits per heavy atom. The van der Waals surface area contributed by atoms with E-state index in [1.54, 1.807) is 12.3 Å². The summed E-state index contributed by atoms with van der Waals surface area (Å²) in [5, 5.41) is 14.5. The van der Waals surface area contributed by atoms with Gasteiger partial charge in [-0.15, -0.1) is 0 Å². The van der Waals surface area contributed by atoms with Gasteiger partial charge < -0.3 is 10.8 Å². The summed E-state index contributed by atoms with van der Waals surface area (Å²) in [5.41, 5.74) is 9.75. The van der Waals surface area contributed by atoms with E-state index in [2.05, 4.69) is 10.1 Å². The van der Waals surface area contributed by atoms with Crippen molar-refractivity contribution < 1.29 is 9.90 Å². The molecule has 6 nitrogen and oxygen atoms in total. The highest BCUT2D eigenvalue weighted by Crippen LogP contribution is 2.40. The molecule has 2 aliphatic rings. The SMILES string of the molecule is NC(C1CC1)n1nc2c(c1C(=O)O)CCc1cnc(Cl)cc1-2. The molecule has 2 aliphatic carbocycles. The number of rotatable bonds is 3. The summed E-state index contributed by atoms with van der Waals surface area (Å²) in [7, 11) is 0. The Morgan fingerprint density at radius 2 is 2.23 bits per heavy atom. The molecule has 2 aromatic rings. The van der Waals surface area contributed by atoms with E-state index >= 15 is 0 Å². The molecule has 114 valence electrons. The molecule has 4 rings (SSSR count). The fraction of sp³-hybridized carbons (Fsp3) is 0.400. The molecule has 1 fully saturated rings. The van der Waals surface area contributed by atoms with Gasteiger partial charge in [0.05, 0.1) is 5.69 Å². The van der Waals surface area contributed by atoms with E-state index < -0.39 is 5.97 Å². The van der Waals surface area contributed by atoms with Gasteiger partial charge in [0.2, 0.25) is 0 Å². The average molecular weight is 319 g/mol. The summed E-state index contributed by atoms with van der Waals surface area (Å²) in [6.07, 6.45) is 4.77. The molecule has 22 heavy (non-hydrogen) atoms. The number of carbonyl (C=O) groups is 1. The molecule has 0 aromatic carbocycles. The molecule has 1 atom stereocenters. The highest BCUT2D eigenvalue weighted by Gasteiger charge is 2.36. The Kier molecular flexibility index (Phi) is 2.99. The Hall–Kier alpha value is -1.92. The minimum Gasteiger partial charge on any atom is -0.477 e. The molecule has 3 N–H and O–H groups in total. The van der Waals surface area contributed by atoms with Crippen molar-refractivity contribution in [2.75, 3.05) is 0 Å². The summed E-state index contributed by atoms with van der Waals surface area (Å²) in [4.78, 5) is 15.8. The fourth-order valence-corrected chi connectivity index (χ4v) is 3.30. The number of carboxylic acid groups (broad SMARTS) is 1. The second-order valence-corrected chi connectivity index (χ2v) is 6.30. The highest BCUT2D eigenvalue weighted by molar-refractivity contribution is 6.29. The number of pyridine rings is 1. The minimum absolute atomic E-state index is 0.216. The van der Waals surface area contributed by atoms with Gasteiger partial charge in [-0.1, -0.05) is 11.6 Å². The third-order valence-corrected chi connectivity index (χ3v) is 4.66. The molecule has 0 saturated heterocycles. The Balaban J connectivity index is 1.92. The van der Waals surface area contributed by atoms with E-state index in [9.17, 15) is 9.90 Å². The van der Waals surface area contributed by atoms with E-state index in [1.165, 1.54) is 4.68 Å². The normalized spacial score (nSPS) is 17.7. The van der Waals surface area contributed by atoms with Gasteiger partial charge in [0.25, 0.3) is 0 Å². The van der Waals surface area contributed by atoms with Crippen molar-refractivity contribution >= 4 is 17.6 Å². The molecule has 1 unspecified atom stereocenters. The van der Waals surface area contributed by atoms with Gasteiger partial charge in [-0.05, 0) is 43.2 Å². The molecule has 7 heteroatoms. The quantitative estimate of drug-likeness (QED) is 0.847. The van der Waals surface area contributed by atoms with Crippen molar-refractivity contribution in [1.82, 2.24) is 14.8 Å². The van der Waals surface area contributed by atoms with Gasteiger partial charge in [-0.25, -0.2) is 14.5 Å². The number of carboxylic acids is 1. The summed E-state index contributed by atoms with van der Waals surface area (Å²) < 4.78 is 1.49. The first-order valence-electron chi connectivity index (χ1n) is 7.31. The van der Waals surface area contributed by atoms with Crippen molar-refractivity contribution in [3.63, 3.8) is 0 Å². The zero-order valence-electron chi connectivity index (χ0n) is 11.8. The Labute approximate surface area is 131 Å². The number of aromatic nitrogens is 3. The third kappa shape index (κ3) is 2.02. The fourth-order valence-electron chi connectivity index (χ4n) is 3.14. The zero-order chi connectivity index (χ0) is 15.4. The summed E-state index contributed by atoms with van der Waals surface area (Å²) >= 11 is 5.99. The van der Waals surface area contributed by atoms with E-state index in [4.69, 9.17) is 17.3 Å². The van der Waals surface area contributed by atoms with Crippen LogP contribution in [0.15, 0.2) is 12.3 Å². The number of aryl methyl sites for hydroxylation is 1. The number of hydrogen-bond donors (Lipinski definition) is 2. The first-order valence-corrected chi connectivity index (χ1v) is 7.69. The Morgan fingerprint density at radius 3 is 2.91 bits per heavy atom. The first kappa shape index (κ1) is 13.7. The largest absolute Gasteiger partial charge is 0.477 e. The van der Waals surface area contributed by atoms with Crippen molar-refractivity contribution in [3.05, 3.63) is 34.2 Å². The van der Waals surface area contributed by atoms with Gasteiger partial charge in [-0.2, -0.15) is 5.10 Å². The van der Waals surface area contributed by atoms with E-state index in [0.29, 0.717) is 23.2 Å². The molecule has 0 amide bonds. The Bertz CT molecular complexity index is 782. The molecule has 0 aliphatic heterocycles. The molecule has 0 radical (unpaired) electrons. The van der Waals surface area contributed by atoms with Crippen LogP contribution in [0.2, 0.25) is 5.15 Å². The predicted octanol–water partition coefficient (Wildman–Crippen LogP) is 2.26. The average Bonchev–Trinajstić information content (AvgIpc) is 3.25. The van der Waals surface area contributed by atoms with Crippen LogP contribution in [0.1, 0.15) is 40.6 Å². The number of aromatic carboxylic acids is 1. The number of fused-ring (bicyclic) bond motifs is 3. The summed E-state index contributed by atoms with van der Waals surface area (Å²) in [6, 6.07) is 1.75. The van der Waals surface area contributed by atoms with Gasteiger partial charge in [0.15, 0.2) is 5.69 Å². The lowest BCUT2D eigenvalue weighted by molar-refractivity contribution is 0.0678. The van der Waals surface area contributed by atoms with Crippen LogP contribution in [-0.2, 0) is 12.8 Å². The van der Waals surface area contributed by atoms with Crippen molar-refractivity contribution in [2.24, 2.45) is 11.7 Å². The number of nitrogens with two attached hydrogens (primary N) is 1. The van der Waals surface area contributed by atoms with Crippen LogP contribution in [0.5, 0.6) is 0 Å². The number of halogens is 1. The van der Waals surface area contributed by atoms with E-state index in [-0.39, 0.29) is 11.9 Å². The van der Waals surface area contributed by atoms with Crippen molar-refractivity contribution in [2.45, 2.75) is 31.8 Å². The summed E-state index contributed by atoms with van der Waals surface area (Å²) in [5.74, 6) is -0.659. The number of hydrogen-bond acceptors (Lipinski definition) is 4. The second-order valence-electron chi connectivity index (χ2n) is 5.92. The maximum atomic E-state index is 11.7. The van der Waals surface area contributed by atoms with Crippen LogP contribution in [-0.4, -0.2) is 25.8 Å². The van der Waals surface area contributed by atoms with E-state index in [0.717, 1.165) is 36.0 Å². The van der Waals surface area contributed by atoms with E-state index in [1.807, 2.05) is 0 Å². The molecular weight excluding hydrogens is 304 g/mol. The van der Waals surface area contributed by atoms with Crippen LogP contribution in [0.25, 0.3) is 11.3 Å². The standard InChI is InChI=1S/C15H15ClN4O2/c16-11-5-10-8(6-18-11)3-4-9-12(10)19-20(13(9)15(21)22)14(17)7-1-2-7/h5-7,14H,1-4,17H2,(H,21,22). The molecule has 2 aromatic heterocycles. The topological polar surface area (TPSA) is 94.0 Å². The van der Waals surface area contributed by atoms with Crippen LogP contribution in [0, 0.1) is 5.92 Å². The minimum atomic E-state index is -0.978. The lowest BCUT2D eigenvalue weighted by Gasteiger charge is -2.15. The monoisotopic (exact) mass is 318 g/mol.